The molecular formula is C24H20F3N5O3. The number of hydrogen-bond donors (Lipinski definition) is 2. The van der Waals surface area contributed by atoms with Gasteiger partial charge in [-0.3, -0.25) is 4.98 Å². The Bertz CT molecular complexity index is 1400. The number of aromatic nitrogens is 4. The van der Waals surface area contributed by atoms with E-state index in [9.17, 15) is 18.0 Å². The summed E-state index contributed by atoms with van der Waals surface area (Å²) in [6, 6.07) is 3.19. The Morgan fingerprint density at radius 2 is 1.97 bits per heavy atom. The van der Waals surface area contributed by atoms with E-state index in [0.29, 0.717) is 39.5 Å². The number of carboxylic acid groups (broad SMARTS) is 1. The van der Waals surface area contributed by atoms with Crippen LogP contribution in [-0.4, -0.2) is 44.3 Å². The van der Waals surface area contributed by atoms with Crippen LogP contribution in [0.25, 0.3) is 22.6 Å². The molecule has 3 aromatic heterocycles. The van der Waals surface area contributed by atoms with E-state index in [1.807, 2.05) is 0 Å². The van der Waals surface area contributed by atoms with Gasteiger partial charge in [-0.1, -0.05) is 12.2 Å². The first-order valence-electron chi connectivity index (χ1n) is 10.4. The fourth-order valence-corrected chi connectivity index (χ4v) is 3.52. The van der Waals surface area contributed by atoms with Gasteiger partial charge in [0.05, 0.1) is 35.4 Å². The molecule has 8 nitrogen and oxygen atoms in total. The minimum absolute atomic E-state index is 0.0550. The third kappa shape index (κ3) is 5.35. The molecule has 1 aliphatic rings. The van der Waals surface area contributed by atoms with Crippen LogP contribution >= 0.6 is 0 Å². The summed E-state index contributed by atoms with van der Waals surface area (Å²) in [6.45, 7) is 1.89. The van der Waals surface area contributed by atoms with Crippen LogP contribution in [0.2, 0.25) is 0 Å². The Hall–Kier alpha value is -4.12. The predicted molar refractivity (Wildman–Crippen MR) is 123 cm³/mol. The lowest BCUT2D eigenvalue weighted by Gasteiger charge is -2.12. The van der Waals surface area contributed by atoms with Crippen molar-refractivity contribution in [3.63, 3.8) is 0 Å². The average Bonchev–Trinajstić information content (AvgIpc) is 3.04. The Morgan fingerprint density at radius 3 is 2.66 bits per heavy atom. The number of rotatable bonds is 6. The van der Waals surface area contributed by atoms with Gasteiger partial charge in [0.2, 0.25) is 0 Å². The zero-order valence-electron chi connectivity index (χ0n) is 18.7. The smallest absolute Gasteiger partial charge is 0.412 e. The highest BCUT2D eigenvalue weighted by Gasteiger charge is 2.32. The number of carboxylic acids is 1. The van der Waals surface area contributed by atoms with Gasteiger partial charge in [0.25, 0.3) is 0 Å². The van der Waals surface area contributed by atoms with Crippen molar-refractivity contribution in [2.75, 3.05) is 12.4 Å². The van der Waals surface area contributed by atoms with Crippen molar-refractivity contribution in [1.82, 2.24) is 19.9 Å². The highest BCUT2D eigenvalue weighted by molar-refractivity contribution is 5.89. The van der Waals surface area contributed by atoms with E-state index in [-0.39, 0.29) is 24.2 Å². The summed E-state index contributed by atoms with van der Waals surface area (Å²) < 4.78 is 44.4. The maximum atomic E-state index is 13.1. The third-order valence-corrected chi connectivity index (χ3v) is 5.17. The van der Waals surface area contributed by atoms with E-state index in [1.54, 1.807) is 19.1 Å². The Balaban J connectivity index is 1.76. The minimum atomic E-state index is -4.40. The van der Waals surface area contributed by atoms with Crippen molar-refractivity contribution < 1.29 is 27.8 Å². The Labute approximate surface area is 197 Å². The zero-order valence-corrected chi connectivity index (χ0v) is 18.7. The molecule has 3 aromatic rings. The molecule has 11 heteroatoms. The molecule has 1 aliphatic carbocycles. The normalized spacial score (nSPS) is 13.9. The predicted octanol–water partition coefficient (Wildman–Crippen LogP) is 4.98. The van der Waals surface area contributed by atoms with E-state index in [4.69, 9.17) is 9.84 Å². The number of anilines is 1. The van der Waals surface area contributed by atoms with Gasteiger partial charge in [0.1, 0.15) is 11.2 Å². The number of nitrogens with one attached hydrogen (secondary N) is 1. The molecule has 2 N–H and O–H groups in total. The molecule has 35 heavy (non-hydrogen) atoms. The standard InChI is InChI=1S/C24H20F3N5O3/c1-13-8-14(23(33)34)10-28-20(13)19-11-29-21-18(9-17(12-35-2)31-22(21)32-19)30-16-5-3-4-15(6-7-16)24(25,26)27/h3,5-11H,4,12H2,1-2H3,(H,33,34)(H,30,31,32). The molecule has 0 unspecified atom stereocenters. The van der Waals surface area contributed by atoms with Crippen LogP contribution in [0.3, 0.4) is 0 Å². The molecule has 0 saturated heterocycles. The van der Waals surface area contributed by atoms with E-state index in [2.05, 4.69) is 25.3 Å². The Kier molecular flexibility index (Phi) is 6.61. The minimum Gasteiger partial charge on any atom is -0.478 e. The fraction of sp³-hybridized carbons (Fsp3) is 0.208. The van der Waals surface area contributed by atoms with Gasteiger partial charge in [0, 0.05) is 24.6 Å². The van der Waals surface area contributed by atoms with Crippen molar-refractivity contribution in [2.45, 2.75) is 26.1 Å². The number of allylic oxidation sites excluding steroid dienone is 5. The third-order valence-electron chi connectivity index (χ3n) is 5.17. The van der Waals surface area contributed by atoms with Crippen molar-refractivity contribution in [3.8, 4) is 11.4 Å². The number of halogens is 3. The number of fused-ring (bicyclic) bond motifs is 1. The van der Waals surface area contributed by atoms with Crippen LogP contribution in [0.4, 0.5) is 18.9 Å². The lowest BCUT2D eigenvalue weighted by atomic mass is 10.1. The molecule has 4 rings (SSSR count). The second-order valence-corrected chi connectivity index (χ2v) is 7.76. The molecule has 0 aliphatic heterocycles. The largest absolute Gasteiger partial charge is 0.478 e. The summed E-state index contributed by atoms with van der Waals surface area (Å²) in [4.78, 5) is 28.9. The molecule has 0 bridgehead atoms. The zero-order chi connectivity index (χ0) is 25.2. The number of ether oxygens (including phenoxy) is 1. The number of methoxy groups -OCH3 is 1. The van der Waals surface area contributed by atoms with Gasteiger partial charge < -0.3 is 15.2 Å². The van der Waals surface area contributed by atoms with E-state index in [0.717, 1.165) is 6.08 Å². The maximum Gasteiger partial charge on any atom is 0.412 e. The average molecular weight is 483 g/mol. The molecular weight excluding hydrogens is 463 g/mol. The molecule has 0 fully saturated rings. The molecule has 0 radical (unpaired) electrons. The van der Waals surface area contributed by atoms with E-state index < -0.39 is 17.7 Å². The maximum absolute atomic E-state index is 13.1. The molecule has 3 heterocycles. The summed E-state index contributed by atoms with van der Waals surface area (Å²) in [6.07, 6.45) is 3.50. The van der Waals surface area contributed by atoms with Gasteiger partial charge in [-0.2, -0.15) is 13.2 Å². The topological polar surface area (TPSA) is 110 Å². The fourth-order valence-electron chi connectivity index (χ4n) is 3.52. The van der Waals surface area contributed by atoms with Crippen molar-refractivity contribution in [1.29, 1.82) is 0 Å². The second kappa shape index (κ2) is 9.63. The molecule has 0 aromatic carbocycles. The first-order valence-corrected chi connectivity index (χ1v) is 10.4. The summed E-state index contributed by atoms with van der Waals surface area (Å²) in [7, 11) is 1.51. The number of hydrogen-bond acceptors (Lipinski definition) is 7. The van der Waals surface area contributed by atoms with Crippen LogP contribution in [0.5, 0.6) is 0 Å². The van der Waals surface area contributed by atoms with Gasteiger partial charge in [-0.15, -0.1) is 0 Å². The van der Waals surface area contributed by atoms with Gasteiger partial charge in [-0.05, 0) is 43.2 Å². The van der Waals surface area contributed by atoms with Crippen LogP contribution in [0, 0.1) is 6.92 Å². The van der Waals surface area contributed by atoms with Gasteiger partial charge in [0.15, 0.2) is 5.65 Å². The highest BCUT2D eigenvalue weighted by atomic mass is 19.4. The van der Waals surface area contributed by atoms with Crippen molar-refractivity contribution in [3.05, 3.63) is 76.9 Å². The lowest BCUT2D eigenvalue weighted by Crippen LogP contribution is -2.10. The number of carbonyl (C=O) groups is 1. The molecule has 0 saturated carbocycles. The number of aryl methyl sites for hydroxylation is 1. The number of nitrogens with zero attached hydrogens (tertiary/aromatic N) is 4. The van der Waals surface area contributed by atoms with Gasteiger partial charge >= 0.3 is 12.1 Å². The van der Waals surface area contributed by atoms with Crippen LogP contribution < -0.4 is 5.32 Å². The number of aromatic carboxylic acids is 1. The Morgan fingerprint density at radius 1 is 1.17 bits per heavy atom. The van der Waals surface area contributed by atoms with Gasteiger partial charge in [-0.25, -0.2) is 19.7 Å². The molecule has 0 atom stereocenters. The van der Waals surface area contributed by atoms with Crippen molar-refractivity contribution in [2.24, 2.45) is 0 Å². The lowest BCUT2D eigenvalue weighted by molar-refractivity contribution is -0.0928. The molecule has 0 amide bonds. The van der Waals surface area contributed by atoms with E-state index in [1.165, 1.54) is 37.7 Å². The molecule has 0 spiro atoms. The van der Waals surface area contributed by atoms with E-state index >= 15 is 0 Å². The van der Waals surface area contributed by atoms with Crippen molar-refractivity contribution >= 4 is 22.8 Å². The second-order valence-electron chi connectivity index (χ2n) is 7.76. The summed E-state index contributed by atoms with van der Waals surface area (Å²) >= 11 is 0. The summed E-state index contributed by atoms with van der Waals surface area (Å²) in [5, 5.41) is 12.3. The summed E-state index contributed by atoms with van der Waals surface area (Å²) in [5.74, 6) is -1.09. The van der Waals surface area contributed by atoms with Crippen LogP contribution in [-0.2, 0) is 11.3 Å². The first-order chi connectivity index (χ1) is 16.7. The highest BCUT2D eigenvalue weighted by Crippen LogP contribution is 2.31. The summed E-state index contributed by atoms with van der Waals surface area (Å²) in [5.41, 5.74) is 2.99. The SMILES string of the molecule is COCc1cc(NC2=CC=C(C(F)(F)F)CC=C2)c2ncc(-c3ncc(C(=O)O)cc3C)nc2n1. The van der Waals surface area contributed by atoms with Crippen LogP contribution in [0.15, 0.2) is 60.1 Å². The quantitative estimate of drug-likeness (QED) is 0.505. The monoisotopic (exact) mass is 483 g/mol. The first kappa shape index (κ1) is 24.0. The van der Waals surface area contributed by atoms with Crippen LogP contribution in [0.1, 0.15) is 28.0 Å². The number of alkyl halides is 3. The number of pyridine rings is 2. The molecule has 180 valence electrons.